The van der Waals surface area contributed by atoms with Crippen LogP contribution < -0.4 is 5.32 Å². The summed E-state index contributed by atoms with van der Waals surface area (Å²) < 4.78 is 44.1. The Balaban J connectivity index is 1.53. The molecule has 4 nitrogen and oxygen atoms in total. The quantitative estimate of drug-likeness (QED) is 0.821. The van der Waals surface area contributed by atoms with Gasteiger partial charge in [-0.3, -0.25) is 0 Å². The third-order valence-electron chi connectivity index (χ3n) is 4.43. The van der Waals surface area contributed by atoms with E-state index in [1.165, 1.54) is 6.07 Å². The minimum Gasteiger partial charge on any atom is -0.372 e. The lowest BCUT2D eigenvalue weighted by Gasteiger charge is -2.32. The summed E-state index contributed by atoms with van der Waals surface area (Å²) in [6.07, 6.45) is -3.01. The number of carbonyl (C=O) groups excluding carboxylic acids is 1. The summed E-state index contributed by atoms with van der Waals surface area (Å²) in [5.74, 6) is 0. The third-order valence-corrected chi connectivity index (χ3v) is 4.43. The van der Waals surface area contributed by atoms with Crippen LogP contribution in [0.5, 0.6) is 0 Å². The van der Waals surface area contributed by atoms with Crippen LogP contribution in [0.1, 0.15) is 24.0 Å². The number of nitrogens with one attached hydrogen (secondary N) is 1. The van der Waals surface area contributed by atoms with E-state index in [9.17, 15) is 18.0 Å². The van der Waals surface area contributed by atoms with Gasteiger partial charge in [0.25, 0.3) is 0 Å². The number of benzene rings is 2. The number of likely N-dealkylation sites (tertiary alicyclic amines) is 1. The number of hydrogen-bond donors (Lipinski definition) is 1. The molecule has 0 aliphatic carbocycles. The predicted octanol–water partition coefficient (Wildman–Crippen LogP) is 4.92. The SMILES string of the molecule is O=C(Nc1ccccc1)N1CCC[C@H](OCc2cccc(C(F)(F)F)c2)C1. The molecule has 3 rings (SSSR count). The molecule has 1 heterocycles. The summed E-state index contributed by atoms with van der Waals surface area (Å²) in [6.45, 7) is 1.13. The number of urea groups is 1. The van der Waals surface area contributed by atoms with E-state index in [4.69, 9.17) is 4.74 Å². The normalized spacial score (nSPS) is 17.6. The van der Waals surface area contributed by atoms with Gasteiger partial charge in [-0.15, -0.1) is 0 Å². The van der Waals surface area contributed by atoms with Crippen LogP contribution in [0.3, 0.4) is 0 Å². The van der Waals surface area contributed by atoms with E-state index in [-0.39, 0.29) is 18.7 Å². The van der Waals surface area contributed by atoms with Gasteiger partial charge in [-0.1, -0.05) is 30.3 Å². The Morgan fingerprint density at radius 3 is 2.67 bits per heavy atom. The molecule has 2 aromatic rings. The van der Waals surface area contributed by atoms with Crippen LogP contribution in [0, 0.1) is 0 Å². The molecule has 2 aromatic carbocycles. The zero-order valence-electron chi connectivity index (χ0n) is 14.7. The summed E-state index contributed by atoms with van der Waals surface area (Å²) >= 11 is 0. The Labute approximate surface area is 155 Å². The van der Waals surface area contributed by atoms with Crippen LogP contribution in [-0.2, 0) is 17.5 Å². The molecule has 1 atom stereocenters. The standard InChI is InChI=1S/C20H21F3N2O2/c21-20(22,23)16-7-4-6-15(12-16)14-27-18-10-5-11-25(13-18)19(26)24-17-8-2-1-3-9-17/h1-4,6-9,12,18H,5,10-11,13-14H2,(H,24,26)/t18-/m0/s1. The fourth-order valence-electron chi connectivity index (χ4n) is 3.03. The summed E-state index contributed by atoms with van der Waals surface area (Å²) in [4.78, 5) is 14.1. The lowest BCUT2D eigenvalue weighted by atomic mass is 10.1. The molecule has 144 valence electrons. The second-order valence-electron chi connectivity index (χ2n) is 6.52. The van der Waals surface area contributed by atoms with Crippen LogP contribution in [-0.4, -0.2) is 30.1 Å². The summed E-state index contributed by atoms with van der Waals surface area (Å²) in [6, 6.07) is 14.1. The van der Waals surface area contributed by atoms with Gasteiger partial charge in [0.2, 0.25) is 0 Å². The zero-order valence-corrected chi connectivity index (χ0v) is 14.7. The van der Waals surface area contributed by atoms with Crippen LogP contribution in [0.4, 0.5) is 23.7 Å². The van der Waals surface area contributed by atoms with Gasteiger partial charge in [0, 0.05) is 18.8 Å². The highest BCUT2D eigenvalue weighted by molar-refractivity contribution is 5.89. The molecule has 1 N–H and O–H groups in total. The van der Waals surface area contributed by atoms with E-state index >= 15 is 0 Å². The number of amides is 2. The zero-order chi connectivity index (χ0) is 19.3. The lowest BCUT2D eigenvalue weighted by Crippen LogP contribution is -2.45. The minimum absolute atomic E-state index is 0.0860. The number of para-hydroxylation sites is 1. The smallest absolute Gasteiger partial charge is 0.372 e. The largest absolute Gasteiger partial charge is 0.416 e. The van der Waals surface area contributed by atoms with Crippen LogP contribution >= 0.6 is 0 Å². The summed E-state index contributed by atoms with van der Waals surface area (Å²) in [5.41, 5.74) is 0.501. The van der Waals surface area contributed by atoms with E-state index in [1.807, 2.05) is 30.3 Å². The van der Waals surface area contributed by atoms with Crippen molar-refractivity contribution in [3.05, 3.63) is 65.7 Å². The number of halogens is 3. The Bertz CT molecular complexity index is 765. The highest BCUT2D eigenvalue weighted by atomic mass is 19.4. The average molecular weight is 378 g/mol. The first kappa shape index (κ1) is 19.2. The van der Waals surface area contributed by atoms with Gasteiger partial charge in [-0.2, -0.15) is 13.2 Å². The van der Waals surface area contributed by atoms with E-state index < -0.39 is 11.7 Å². The van der Waals surface area contributed by atoms with Gasteiger partial charge in [-0.25, -0.2) is 4.79 Å². The molecule has 1 saturated heterocycles. The first-order chi connectivity index (χ1) is 12.9. The molecular formula is C20H21F3N2O2. The molecule has 0 unspecified atom stereocenters. The maximum Gasteiger partial charge on any atom is 0.416 e. The maximum absolute atomic E-state index is 12.8. The van der Waals surface area contributed by atoms with Crippen LogP contribution in [0.2, 0.25) is 0 Å². The number of alkyl halides is 3. The molecule has 0 bridgehead atoms. The topological polar surface area (TPSA) is 41.6 Å². The van der Waals surface area contributed by atoms with Gasteiger partial charge >= 0.3 is 12.2 Å². The second kappa shape index (κ2) is 8.43. The van der Waals surface area contributed by atoms with E-state index in [0.29, 0.717) is 18.7 Å². The van der Waals surface area contributed by atoms with Crippen molar-refractivity contribution in [3.63, 3.8) is 0 Å². The predicted molar refractivity (Wildman–Crippen MR) is 96.3 cm³/mol. The highest BCUT2D eigenvalue weighted by Gasteiger charge is 2.30. The number of anilines is 1. The van der Waals surface area contributed by atoms with Gasteiger partial charge in [0.15, 0.2) is 0 Å². The minimum atomic E-state index is -4.37. The van der Waals surface area contributed by atoms with Crippen molar-refractivity contribution < 1.29 is 22.7 Å². The van der Waals surface area contributed by atoms with Crippen molar-refractivity contribution in [2.24, 2.45) is 0 Å². The third kappa shape index (κ3) is 5.47. The average Bonchev–Trinajstić information content (AvgIpc) is 2.67. The number of carbonyl (C=O) groups is 1. The van der Waals surface area contributed by atoms with Gasteiger partial charge in [0.05, 0.1) is 18.3 Å². The fourth-order valence-corrected chi connectivity index (χ4v) is 3.03. The highest BCUT2D eigenvalue weighted by Crippen LogP contribution is 2.29. The maximum atomic E-state index is 12.8. The Hall–Kier alpha value is -2.54. The number of nitrogens with zero attached hydrogens (tertiary/aromatic N) is 1. The van der Waals surface area contributed by atoms with Gasteiger partial charge in [-0.05, 0) is 42.7 Å². The molecule has 1 aliphatic rings. The van der Waals surface area contributed by atoms with Crippen molar-refractivity contribution in [1.82, 2.24) is 4.90 Å². The summed E-state index contributed by atoms with van der Waals surface area (Å²) in [5, 5.41) is 2.84. The molecule has 0 saturated carbocycles. The Morgan fingerprint density at radius 1 is 1.15 bits per heavy atom. The number of ether oxygens (including phenoxy) is 1. The molecule has 0 spiro atoms. The molecule has 0 aromatic heterocycles. The van der Waals surface area contributed by atoms with Gasteiger partial charge < -0.3 is 15.0 Å². The molecule has 2 amide bonds. The lowest BCUT2D eigenvalue weighted by molar-refractivity contribution is -0.137. The molecule has 7 heteroatoms. The second-order valence-corrected chi connectivity index (χ2v) is 6.52. The molecule has 27 heavy (non-hydrogen) atoms. The van der Waals surface area contributed by atoms with E-state index in [0.717, 1.165) is 30.7 Å². The number of hydrogen-bond acceptors (Lipinski definition) is 2. The molecule has 0 radical (unpaired) electrons. The Kier molecular flexibility index (Phi) is 6.01. The molecule has 1 aliphatic heterocycles. The molecular weight excluding hydrogens is 357 g/mol. The van der Waals surface area contributed by atoms with Crippen molar-refractivity contribution in [2.75, 3.05) is 18.4 Å². The van der Waals surface area contributed by atoms with E-state index in [1.54, 1.807) is 11.0 Å². The van der Waals surface area contributed by atoms with Crippen molar-refractivity contribution >= 4 is 11.7 Å². The van der Waals surface area contributed by atoms with Crippen molar-refractivity contribution in [2.45, 2.75) is 31.7 Å². The monoisotopic (exact) mass is 378 g/mol. The number of piperidine rings is 1. The van der Waals surface area contributed by atoms with Gasteiger partial charge in [0.1, 0.15) is 0 Å². The van der Waals surface area contributed by atoms with E-state index in [2.05, 4.69) is 5.32 Å². The summed E-state index contributed by atoms with van der Waals surface area (Å²) in [7, 11) is 0. The van der Waals surface area contributed by atoms with Crippen LogP contribution in [0.25, 0.3) is 0 Å². The Morgan fingerprint density at radius 2 is 1.93 bits per heavy atom. The van der Waals surface area contributed by atoms with Crippen molar-refractivity contribution in [1.29, 1.82) is 0 Å². The number of rotatable bonds is 4. The first-order valence-electron chi connectivity index (χ1n) is 8.80. The van der Waals surface area contributed by atoms with Crippen molar-refractivity contribution in [3.8, 4) is 0 Å². The fraction of sp³-hybridized carbons (Fsp3) is 0.350. The molecule has 1 fully saturated rings. The van der Waals surface area contributed by atoms with Crippen LogP contribution in [0.15, 0.2) is 54.6 Å². The first-order valence-corrected chi connectivity index (χ1v) is 8.80.